The Morgan fingerprint density at radius 1 is 1.08 bits per heavy atom. The third-order valence-corrected chi connectivity index (χ3v) is 7.07. The highest BCUT2D eigenvalue weighted by Gasteiger charge is 2.36. The highest BCUT2D eigenvalue weighted by Crippen LogP contribution is 2.38. The molecule has 1 aliphatic rings. The average Bonchev–Trinajstić information content (AvgIpc) is 3.13. The number of nitrogens with one attached hydrogen (secondary N) is 1. The minimum absolute atomic E-state index is 0.0896. The van der Waals surface area contributed by atoms with Gasteiger partial charge in [-0.2, -0.15) is 0 Å². The summed E-state index contributed by atoms with van der Waals surface area (Å²) in [5.41, 5.74) is 1.38. The van der Waals surface area contributed by atoms with Gasteiger partial charge >= 0.3 is 0 Å². The zero-order valence-corrected chi connectivity index (χ0v) is 22.7. The number of amides is 3. The molecule has 38 heavy (non-hydrogen) atoms. The second-order valence-electron chi connectivity index (χ2n) is 7.85. The molecule has 3 aromatic rings. The van der Waals surface area contributed by atoms with Crippen molar-refractivity contribution in [2.24, 2.45) is 0 Å². The van der Waals surface area contributed by atoms with Crippen molar-refractivity contribution in [3.05, 3.63) is 91.5 Å². The molecule has 0 unspecified atom stereocenters. The van der Waals surface area contributed by atoms with Gasteiger partial charge in [-0.1, -0.05) is 53.0 Å². The molecule has 1 N–H and O–H groups in total. The maximum atomic E-state index is 13.4. The number of methoxy groups -OCH3 is 1. The smallest absolute Gasteiger partial charge is 0.294 e. The molecule has 12 heteroatoms. The van der Waals surface area contributed by atoms with Crippen LogP contribution in [0.25, 0.3) is 6.08 Å². The van der Waals surface area contributed by atoms with Crippen molar-refractivity contribution in [1.82, 2.24) is 4.90 Å². The Morgan fingerprint density at radius 3 is 2.58 bits per heavy atom. The summed E-state index contributed by atoms with van der Waals surface area (Å²) in [6, 6.07) is 13.7. The van der Waals surface area contributed by atoms with Crippen molar-refractivity contribution in [2.75, 3.05) is 19.0 Å². The average molecular weight is 596 g/mol. The zero-order chi connectivity index (χ0) is 27.4. The number of carbonyl (C=O) groups is 3. The summed E-state index contributed by atoms with van der Waals surface area (Å²) < 4.78 is 24.8. The number of nitrogens with zero attached hydrogens (tertiary/aromatic N) is 1. The van der Waals surface area contributed by atoms with E-state index in [1.807, 2.05) is 0 Å². The number of carbonyl (C=O) groups excluding carboxylic acids is 3. The molecule has 4 rings (SSSR count). The molecule has 1 aliphatic heterocycles. The number of hydrogen-bond acceptors (Lipinski definition) is 6. The number of imide groups is 1. The van der Waals surface area contributed by atoms with Crippen LogP contribution in [0.4, 0.5) is 14.9 Å². The molecule has 1 saturated heterocycles. The summed E-state index contributed by atoms with van der Waals surface area (Å²) in [5.74, 6) is -1.21. The molecule has 0 spiro atoms. The lowest BCUT2D eigenvalue weighted by atomic mass is 10.1. The quantitative estimate of drug-likeness (QED) is 0.281. The lowest BCUT2D eigenvalue weighted by molar-refractivity contribution is -0.127. The molecule has 0 saturated carbocycles. The Morgan fingerprint density at radius 2 is 1.87 bits per heavy atom. The normalized spacial score (nSPS) is 14.2. The topological polar surface area (TPSA) is 84.9 Å². The van der Waals surface area contributed by atoms with Gasteiger partial charge < -0.3 is 14.8 Å². The van der Waals surface area contributed by atoms with E-state index in [-0.39, 0.29) is 22.2 Å². The first-order valence-corrected chi connectivity index (χ1v) is 12.9. The Kier molecular flexibility index (Phi) is 8.83. The van der Waals surface area contributed by atoms with Gasteiger partial charge in [0, 0.05) is 26.9 Å². The fraction of sp³-hybridized carbons (Fsp3) is 0.115. The van der Waals surface area contributed by atoms with Crippen LogP contribution in [-0.4, -0.2) is 35.6 Å². The summed E-state index contributed by atoms with van der Waals surface area (Å²) in [6.45, 7) is -0.445. The number of hydrogen-bond donors (Lipinski definition) is 1. The predicted octanol–water partition coefficient (Wildman–Crippen LogP) is 7.05. The van der Waals surface area contributed by atoms with E-state index in [1.54, 1.807) is 36.4 Å². The van der Waals surface area contributed by atoms with Crippen molar-refractivity contribution in [1.29, 1.82) is 0 Å². The molecule has 3 amide bonds. The molecule has 0 atom stereocenters. The summed E-state index contributed by atoms with van der Waals surface area (Å²) in [4.78, 5) is 38.9. The van der Waals surface area contributed by atoms with Crippen LogP contribution < -0.4 is 14.8 Å². The fourth-order valence-corrected chi connectivity index (χ4v) is 4.92. The largest absolute Gasteiger partial charge is 0.493 e. The number of anilines is 1. The van der Waals surface area contributed by atoms with Gasteiger partial charge in [-0.25, -0.2) is 4.39 Å². The Labute approximate surface area is 236 Å². The van der Waals surface area contributed by atoms with Crippen molar-refractivity contribution in [3.63, 3.8) is 0 Å². The number of halogens is 4. The van der Waals surface area contributed by atoms with Gasteiger partial charge in [0.25, 0.3) is 11.1 Å². The van der Waals surface area contributed by atoms with Crippen LogP contribution in [-0.2, 0) is 16.2 Å². The molecule has 0 radical (unpaired) electrons. The van der Waals surface area contributed by atoms with Crippen LogP contribution in [0.5, 0.6) is 11.5 Å². The molecule has 7 nitrogen and oxygen atoms in total. The van der Waals surface area contributed by atoms with E-state index < -0.39 is 29.4 Å². The summed E-state index contributed by atoms with van der Waals surface area (Å²) in [5, 5.41) is 2.61. The minimum atomic E-state index is -0.651. The molecule has 0 aromatic heterocycles. The van der Waals surface area contributed by atoms with Crippen molar-refractivity contribution < 1.29 is 28.2 Å². The van der Waals surface area contributed by atoms with E-state index in [1.165, 1.54) is 25.3 Å². The predicted molar refractivity (Wildman–Crippen MR) is 147 cm³/mol. The molecule has 196 valence electrons. The highest BCUT2D eigenvalue weighted by atomic mass is 35.5. The number of thioether (sulfide) groups is 1. The van der Waals surface area contributed by atoms with E-state index in [0.29, 0.717) is 44.4 Å². The number of ether oxygens (including phenoxy) is 2. The van der Waals surface area contributed by atoms with Gasteiger partial charge in [0.1, 0.15) is 19.0 Å². The fourth-order valence-electron chi connectivity index (χ4n) is 3.45. The highest BCUT2D eigenvalue weighted by molar-refractivity contribution is 8.18. The van der Waals surface area contributed by atoms with E-state index in [4.69, 9.17) is 44.3 Å². The third kappa shape index (κ3) is 6.42. The van der Waals surface area contributed by atoms with Gasteiger partial charge in [-0.3, -0.25) is 19.3 Å². The number of para-hydroxylation sites is 1. The molecule has 3 aromatic carbocycles. The summed E-state index contributed by atoms with van der Waals surface area (Å²) in [6.07, 6.45) is 1.49. The molecular formula is C26H18Cl3FN2O5S. The summed E-state index contributed by atoms with van der Waals surface area (Å²) >= 11 is 18.6. The Hall–Kier alpha value is -3.24. The van der Waals surface area contributed by atoms with Crippen LogP contribution >= 0.6 is 46.6 Å². The van der Waals surface area contributed by atoms with Gasteiger partial charge in [0.15, 0.2) is 11.5 Å². The van der Waals surface area contributed by atoms with Crippen molar-refractivity contribution >= 4 is 75.4 Å². The van der Waals surface area contributed by atoms with Crippen LogP contribution in [0.1, 0.15) is 11.1 Å². The Bertz CT molecular complexity index is 1470. The number of rotatable bonds is 8. The number of benzene rings is 3. The molecule has 1 fully saturated rings. The molecule has 0 bridgehead atoms. The van der Waals surface area contributed by atoms with Crippen LogP contribution in [0, 0.1) is 5.82 Å². The Balaban J connectivity index is 1.51. The molecule has 1 heterocycles. The maximum absolute atomic E-state index is 13.4. The minimum Gasteiger partial charge on any atom is -0.493 e. The van der Waals surface area contributed by atoms with Crippen molar-refractivity contribution in [3.8, 4) is 11.5 Å². The summed E-state index contributed by atoms with van der Waals surface area (Å²) in [7, 11) is 1.47. The van der Waals surface area contributed by atoms with E-state index in [0.717, 1.165) is 11.0 Å². The lowest BCUT2D eigenvalue weighted by Gasteiger charge is -2.15. The van der Waals surface area contributed by atoms with E-state index in [2.05, 4.69) is 5.32 Å². The van der Waals surface area contributed by atoms with Gasteiger partial charge in [0.05, 0.1) is 17.0 Å². The standard InChI is InChI=1S/C26H18Cl3FN2O5S/c1-36-21-4-2-3-14(24(21)37-13-15-5-6-16(27)10-18(15)28)9-22-25(34)32(26(35)38-22)12-23(33)31-17-7-8-20(30)19(29)11-17/h2-11H,12-13H2,1H3,(H,31,33)/b22-9+. The second kappa shape index (κ2) is 12.1. The van der Waals surface area contributed by atoms with Crippen LogP contribution in [0.3, 0.4) is 0 Å². The monoisotopic (exact) mass is 594 g/mol. The van der Waals surface area contributed by atoms with Crippen LogP contribution in [0.15, 0.2) is 59.5 Å². The first-order chi connectivity index (χ1) is 18.2. The van der Waals surface area contributed by atoms with Crippen LogP contribution in [0.2, 0.25) is 15.1 Å². The zero-order valence-electron chi connectivity index (χ0n) is 19.6. The molecule has 0 aliphatic carbocycles. The lowest BCUT2D eigenvalue weighted by Crippen LogP contribution is -2.36. The van der Waals surface area contributed by atoms with Crippen molar-refractivity contribution in [2.45, 2.75) is 6.61 Å². The molecular weight excluding hydrogens is 578 g/mol. The van der Waals surface area contributed by atoms with E-state index in [9.17, 15) is 18.8 Å². The maximum Gasteiger partial charge on any atom is 0.294 e. The van der Waals surface area contributed by atoms with Gasteiger partial charge in [0.2, 0.25) is 5.91 Å². The SMILES string of the molecule is COc1cccc(/C=C2/SC(=O)N(CC(=O)Nc3ccc(F)c(Cl)c3)C2=O)c1OCc1ccc(Cl)cc1Cl. The first-order valence-electron chi connectivity index (χ1n) is 10.9. The first kappa shape index (κ1) is 27.8. The second-order valence-corrected chi connectivity index (χ2v) is 10.1. The third-order valence-electron chi connectivity index (χ3n) is 5.28. The van der Waals surface area contributed by atoms with Gasteiger partial charge in [-0.15, -0.1) is 0 Å². The van der Waals surface area contributed by atoms with Gasteiger partial charge in [-0.05, 0) is 54.2 Å². The van der Waals surface area contributed by atoms with E-state index >= 15 is 0 Å².